The van der Waals surface area contributed by atoms with Gasteiger partial charge in [-0.3, -0.25) is 0 Å². The monoisotopic (exact) mass is 536 g/mol. The van der Waals surface area contributed by atoms with Crippen LogP contribution in [-0.2, 0) is 19.2 Å². The highest BCUT2D eigenvalue weighted by molar-refractivity contribution is 8.00. The topological polar surface area (TPSA) is 124 Å². The van der Waals surface area contributed by atoms with Crippen molar-refractivity contribution in [1.29, 1.82) is 0 Å². The van der Waals surface area contributed by atoms with E-state index < -0.39 is 46.6 Å². The summed E-state index contributed by atoms with van der Waals surface area (Å²) in [7, 11) is -2.60. The second-order valence-corrected chi connectivity index (χ2v) is 11.0. The standard InChI is InChI=1S/C24H26F2N4O6S/c1-37(2,32)30-14-8-16-21(19(9-14)33-6-5-25)24(28-12-27-16)29-15-4-3-13(26)7-18(15)36-20-11-35-22-17(31)10-34-23(20)22/h3-4,7-9,12,17,20,22-23,31H,1,5-6,10-11H2,2H3,(H,30,32)(H,27,28,29). The average molecular weight is 537 g/mol. The SMILES string of the molecule is C=S(C)(=O)Nc1cc(OCCF)c2c(Nc3ccc(F)cc3OC3COC4C(O)COC34)ncnc2c1. The van der Waals surface area contributed by atoms with Gasteiger partial charge in [0.25, 0.3) is 0 Å². The van der Waals surface area contributed by atoms with Gasteiger partial charge in [0, 0.05) is 28.1 Å². The van der Waals surface area contributed by atoms with Crippen molar-refractivity contribution in [2.75, 3.05) is 42.8 Å². The Hall–Kier alpha value is -3.26. The van der Waals surface area contributed by atoms with E-state index >= 15 is 0 Å². The van der Waals surface area contributed by atoms with Gasteiger partial charge in [-0.1, -0.05) is 0 Å². The number of halogens is 2. The summed E-state index contributed by atoms with van der Waals surface area (Å²) in [6.07, 6.45) is 0.457. The van der Waals surface area contributed by atoms with Crippen LogP contribution in [0.3, 0.4) is 0 Å². The smallest absolute Gasteiger partial charge is 0.151 e. The first-order valence-electron chi connectivity index (χ1n) is 11.4. The van der Waals surface area contributed by atoms with Crippen molar-refractivity contribution in [3.05, 3.63) is 42.5 Å². The maximum Gasteiger partial charge on any atom is 0.151 e. The van der Waals surface area contributed by atoms with E-state index in [1.54, 1.807) is 12.1 Å². The van der Waals surface area contributed by atoms with Gasteiger partial charge < -0.3 is 34.1 Å². The molecule has 3 N–H and O–H groups in total. The fourth-order valence-corrected chi connectivity index (χ4v) is 4.97. The summed E-state index contributed by atoms with van der Waals surface area (Å²) in [5.74, 6) is 3.79. The highest BCUT2D eigenvalue weighted by Crippen LogP contribution is 2.38. The highest BCUT2D eigenvalue weighted by Gasteiger charge is 2.48. The van der Waals surface area contributed by atoms with Gasteiger partial charge in [-0.2, -0.15) is 0 Å². The van der Waals surface area contributed by atoms with Gasteiger partial charge in [0.1, 0.15) is 61.1 Å². The Kier molecular flexibility index (Phi) is 7.03. The number of alkyl halides is 1. The average Bonchev–Trinajstić information content (AvgIpc) is 3.41. The number of hydrogen-bond acceptors (Lipinski definition) is 9. The summed E-state index contributed by atoms with van der Waals surface area (Å²) in [5.41, 5.74) is 1.23. The molecule has 0 bridgehead atoms. The van der Waals surface area contributed by atoms with Crippen LogP contribution in [0, 0.1) is 5.82 Å². The van der Waals surface area contributed by atoms with Crippen LogP contribution in [-0.4, -0.2) is 82.3 Å². The van der Waals surface area contributed by atoms with E-state index in [0.717, 1.165) is 0 Å². The van der Waals surface area contributed by atoms with Crippen LogP contribution < -0.4 is 19.5 Å². The lowest BCUT2D eigenvalue weighted by molar-refractivity contribution is 0.00871. The predicted octanol–water partition coefficient (Wildman–Crippen LogP) is 2.44. The summed E-state index contributed by atoms with van der Waals surface area (Å²) in [4.78, 5) is 8.60. The molecule has 1 aromatic heterocycles. The third-order valence-electron chi connectivity index (χ3n) is 5.83. The number of aliphatic hydroxyl groups is 1. The van der Waals surface area contributed by atoms with Crippen LogP contribution >= 0.6 is 0 Å². The van der Waals surface area contributed by atoms with Crippen LogP contribution in [0.25, 0.3) is 10.9 Å². The van der Waals surface area contributed by atoms with Crippen LogP contribution in [0.2, 0.25) is 0 Å². The van der Waals surface area contributed by atoms with Crippen molar-refractivity contribution in [1.82, 2.24) is 9.97 Å². The van der Waals surface area contributed by atoms with Crippen molar-refractivity contribution >= 4 is 43.7 Å². The van der Waals surface area contributed by atoms with Gasteiger partial charge in [0.2, 0.25) is 0 Å². The van der Waals surface area contributed by atoms with E-state index in [1.807, 2.05) is 0 Å². The number of ether oxygens (including phenoxy) is 4. The molecular formula is C24H26F2N4O6S. The maximum absolute atomic E-state index is 14.2. The first-order chi connectivity index (χ1) is 17.7. The van der Waals surface area contributed by atoms with Crippen molar-refractivity contribution in [2.45, 2.75) is 24.4 Å². The first-order valence-corrected chi connectivity index (χ1v) is 13.6. The van der Waals surface area contributed by atoms with E-state index in [9.17, 15) is 18.1 Å². The minimum Gasteiger partial charge on any atom is -0.490 e. The Morgan fingerprint density at radius 2 is 2.00 bits per heavy atom. The fraction of sp³-hybridized carbons (Fsp3) is 0.375. The third kappa shape index (κ3) is 5.54. The van der Waals surface area contributed by atoms with Crippen LogP contribution in [0.5, 0.6) is 11.5 Å². The predicted molar refractivity (Wildman–Crippen MR) is 135 cm³/mol. The van der Waals surface area contributed by atoms with Gasteiger partial charge in [0.05, 0.1) is 35.5 Å². The molecule has 10 nitrogen and oxygen atoms in total. The number of nitrogens with zero attached hydrogens (tertiary/aromatic N) is 2. The van der Waals surface area contributed by atoms with Crippen LogP contribution in [0.1, 0.15) is 0 Å². The minimum atomic E-state index is -2.60. The number of fused-ring (bicyclic) bond motifs is 2. The summed E-state index contributed by atoms with van der Waals surface area (Å²) in [6.45, 7) is -0.647. The summed E-state index contributed by atoms with van der Waals surface area (Å²) < 4.78 is 65.0. The molecule has 0 saturated carbocycles. The highest BCUT2D eigenvalue weighted by atomic mass is 32.2. The molecule has 5 rings (SSSR count). The third-order valence-corrected chi connectivity index (χ3v) is 6.49. The molecular weight excluding hydrogens is 510 g/mol. The van der Waals surface area contributed by atoms with E-state index in [4.69, 9.17) is 18.9 Å². The lowest BCUT2D eigenvalue weighted by atomic mass is 10.1. The zero-order chi connectivity index (χ0) is 26.2. The van der Waals surface area contributed by atoms with E-state index in [1.165, 1.54) is 30.8 Å². The number of nitrogens with one attached hydrogen (secondary N) is 2. The van der Waals surface area contributed by atoms with Crippen molar-refractivity contribution < 1.29 is 37.0 Å². The molecule has 2 aliphatic heterocycles. The van der Waals surface area contributed by atoms with Gasteiger partial charge >= 0.3 is 0 Å². The Balaban J connectivity index is 1.50. The van der Waals surface area contributed by atoms with E-state index in [2.05, 4.69) is 25.9 Å². The lowest BCUT2D eigenvalue weighted by Gasteiger charge is -2.21. The molecule has 5 unspecified atom stereocenters. The molecule has 13 heteroatoms. The second kappa shape index (κ2) is 10.2. The summed E-state index contributed by atoms with van der Waals surface area (Å²) >= 11 is 0. The number of aliphatic hydroxyl groups excluding tert-OH is 1. The zero-order valence-electron chi connectivity index (χ0n) is 19.9. The molecule has 0 spiro atoms. The minimum absolute atomic E-state index is 0.135. The van der Waals surface area contributed by atoms with Crippen molar-refractivity contribution in [3.8, 4) is 11.5 Å². The summed E-state index contributed by atoms with van der Waals surface area (Å²) in [6, 6.07) is 7.17. The molecule has 2 aromatic carbocycles. The van der Waals surface area contributed by atoms with Gasteiger partial charge in [-0.15, -0.1) is 0 Å². The summed E-state index contributed by atoms with van der Waals surface area (Å²) in [5, 5.41) is 13.6. The Labute approximate surface area is 212 Å². The van der Waals surface area contributed by atoms with Gasteiger partial charge in [-0.05, 0) is 24.1 Å². The largest absolute Gasteiger partial charge is 0.490 e. The van der Waals surface area contributed by atoms with Crippen molar-refractivity contribution in [3.63, 3.8) is 0 Å². The zero-order valence-corrected chi connectivity index (χ0v) is 20.7. The quantitative estimate of drug-likeness (QED) is 0.354. The molecule has 2 aliphatic rings. The molecule has 5 atom stereocenters. The number of rotatable bonds is 9. The van der Waals surface area contributed by atoms with E-state index in [0.29, 0.717) is 28.1 Å². The van der Waals surface area contributed by atoms with Gasteiger partial charge in [-0.25, -0.2) is 23.0 Å². The number of aromatic nitrogens is 2. The second-order valence-electron chi connectivity index (χ2n) is 8.82. The number of anilines is 3. The number of hydrogen-bond donors (Lipinski definition) is 3. The van der Waals surface area contributed by atoms with Gasteiger partial charge in [0.15, 0.2) is 6.10 Å². The lowest BCUT2D eigenvalue weighted by Crippen LogP contribution is -2.34. The normalized spacial score (nSPS) is 24.4. The molecule has 3 heterocycles. The molecule has 0 aliphatic carbocycles. The maximum atomic E-state index is 14.2. The number of benzene rings is 2. The molecule has 37 heavy (non-hydrogen) atoms. The molecule has 0 amide bonds. The molecule has 198 valence electrons. The molecule has 3 aromatic rings. The first kappa shape index (κ1) is 25.4. The van der Waals surface area contributed by atoms with Crippen LogP contribution in [0.4, 0.5) is 26.0 Å². The van der Waals surface area contributed by atoms with Crippen LogP contribution in [0.15, 0.2) is 36.7 Å². The Morgan fingerprint density at radius 1 is 1.19 bits per heavy atom. The fourth-order valence-electron chi connectivity index (χ4n) is 4.35. The molecule has 0 radical (unpaired) electrons. The van der Waals surface area contributed by atoms with Crippen molar-refractivity contribution in [2.24, 2.45) is 0 Å². The Bertz CT molecular complexity index is 1410. The van der Waals surface area contributed by atoms with E-state index in [-0.39, 0.29) is 31.3 Å². The Morgan fingerprint density at radius 3 is 2.78 bits per heavy atom. The molecule has 2 fully saturated rings. The molecule has 2 saturated heterocycles.